The lowest BCUT2D eigenvalue weighted by Crippen LogP contribution is -2.04. The van der Waals surface area contributed by atoms with Crippen LogP contribution in [0, 0.1) is 0 Å². The number of benzene rings is 1. The second-order valence-corrected chi connectivity index (χ2v) is 3.64. The topological polar surface area (TPSA) is 13.1 Å². The lowest BCUT2D eigenvalue weighted by atomic mass is 10.2. The molecule has 5 heteroatoms. The Hall–Kier alpha value is -0.970. The van der Waals surface area contributed by atoms with Gasteiger partial charge in [-0.1, -0.05) is 15.9 Å². The van der Waals surface area contributed by atoms with Gasteiger partial charge in [0.2, 0.25) is 0 Å². The number of furan rings is 1. The fourth-order valence-electron chi connectivity index (χ4n) is 1.19. The first kappa shape index (κ1) is 9.58. The first-order valence-electron chi connectivity index (χ1n) is 3.72. The molecule has 0 unspecified atom stereocenters. The minimum absolute atomic E-state index is 0.228. The maximum absolute atomic E-state index is 12.3. The van der Waals surface area contributed by atoms with Crippen molar-refractivity contribution < 1.29 is 17.6 Å². The van der Waals surface area contributed by atoms with E-state index < -0.39 is 11.7 Å². The summed E-state index contributed by atoms with van der Waals surface area (Å²) in [5.41, 5.74) is -0.487. The van der Waals surface area contributed by atoms with Crippen LogP contribution in [-0.4, -0.2) is 0 Å². The molecule has 0 aliphatic carbocycles. The van der Waals surface area contributed by atoms with Gasteiger partial charge in [0.25, 0.3) is 0 Å². The van der Waals surface area contributed by atoms with Crippen molar-refractivity contribution >= 4 is 26.9 Å². The van der Waals surface area contributed by atoms with E-state index in [0.717, 1.165) is 12.1 Å². The maximum atomic E-state index is 12.3. The highest BCUT2D eigenvalue weighted by atomic mass is 79.9. The van der Waals surface area contributed by atoms with Crippen LogP contribution in [0.25, 0.3) is 11.0 Å². The molecule has 2 aromatic rings. The van der Waals surface area contributed by atoms with Gasteiger partial charge in [0, 0.05) is 9.86 Å². The molecule has 0 atom stereocenters. The summed E-state index contributed by atoms with van der Waals surface area (Å²) in [5, 5.41) is 0.637. The molecule has 0 bridgehead atoms. The van der Waals surface area contributed by atoms with Crippen molar-refractivity contribution in [1.29, 1.82) is 0 Å². The predicted molar refractivity (Wildman–Crippen MR) is 48.9 cm³/mol. The summed E-state index contributed by atoms with van der Waals surface area (Å²) in [6.07, 6.45) is -2.99. The van der Waals surface area contributed by atoms with E-state index >= 15 is 0 Å². The highest BCUT2D eigenvalue weighted by Gasteiger charge is 2.31. The molecule has 0 amide bonds. The lowest BCUT2D eigenvalue weighted by Gasteiger charge is -2.06. The highest BCUT2D eigenvalue weighted by molar-refractivity contribution is 9.10. The van der Waals surface area contributed by atoms with Crippen LogP contribution in [0.5, 0.6) is 0 Å². The van der Waals surface area contributed by atoms with Crippen molar-refractivity contribution in [3.05, 3.63) is 34.5 Å². The van der Waals surface area contributed by atoms with Gasteiger partial charge < -0.3 is 4.42 Å². The molecular weight excluding hydrogens is 261 g/mol. The molecule has 0 fully saturated rings. The zero-order chi connectivity index (χ0) is 10.3. The summed E-state index contributed by atoms with van der Waals surface area (Å²) < 4.78 is 42.3. The van der Waals surface area contributed by atoms with Gasteiger partial charge in [-0.05, 0) is 18.2 Å². The first-order chi connectivity index (χ1) is 6.48. The van der Waals surface area contributed by atoms with Gasteiger partial charge in [-0.2, -0.15) is 13.2 Å². The Labute approximate surface area is 85.6 Å². The van der Waals surface area contributed by atoms with E-state index in [0.29, 0.717) is 9.86 Å². The zero-order valence-corrected chi connectivity index (χ0v) is 8.32. The third kappa shape index (κ3) is 1.52. The van der Waals surface area contributed by atoms with Crippen molar-refractivity contribution in [3.8, 4) is 0 Å². The Bertz CT molecular complexity index is 472. The summed E-state index contributed by atoms with van der Waals surface area (Å²) in [4.78, 5) is 0. The van der Waals surface area contributed by atoms with Crippen molar-refractivity contribution in [2.45, 2.75) is 6.18 Å². The molecular formula is C9H4BrF3O. The van der Waals surface area contributed by atoms with Gasteiger partial charge in [0.05, 0.1) is 11.8 Å². The van der Waals surface area contributed by atoms with Crippen molar-refractivity contribution in [2.24, 2.45) is 0 Å². The van der Waals surface area contributed by atoms with Crippen LogP contribution in [-0.2, 0) is 6.18 Å². The summed E-state index contributed by atoms with van der Waals surface area (Å²) >= 11 is 3.06. The molecule has 1 heterocycles. The molecule has 2 rings (SSSR count). The second kappa shape index (κ2) is 3.02. The van der Waals surface area contributed by atoms with Crippen LogP contribution >= 0.6 is 15.9 Å². The van der Waals surface area contributed by atoms with Crippen LogP contribution < -0.4 is 0 Å². The Kier molecular flexibility index (Phi) is 2.06. The van der Waals surface area contributed by atoms with Gasteiger partial charge >= 0.3 is 6.18 Å². The molecule has 1 aromatic carbocycles. The van der Waals surface area contributed by atoms with Gasteiger partial charge in [-0.15, -0.1) is 0 Å². The number of halogens is 4. The minimum atomic E-state index is -4.34. The van der Waals surface area contributed by atoms with E-state index in [1.807, 2.05) is 0 Å². The second-order valence-electron chi connectivity index (χ2n) is 2.79. The summed E-state index contributed by atoms with van der Waals surface area (Å²) in [5.74, 6) is 0. The Balaban J connectivity index is 2.70. The molecule has 1 nitrogen and oxygen atoms in total. The molecule has 1 aromatic heterocycles. The number of rotatable bonds is 0. The van der Waals surface area contributed by atoms with E-state index in [4.69, 9.17) is 4.42 Å². The van der Waals surface area contributed by atoms with Crippen molar-refractivity contribution in [3.63, 3.8) is 0 Å². The SMILES string of the molecule is FC(F)(F)c1cc(Br)c2ccoc2c1. The largest absolute Gasteiger partial charge is 0.464 e. The lowest BCUT2D eigenvalue weighted by molar-refractivity contribution is -0.137. The Morgan fingerprint density at radius 3 is 2.57 bits per heavy atom. The van der Waals surface area contributed by atoms with E-state index in [-0.39, 0.29) is 5.58 Å². The molecule has 0 saturated heterocycles. The third-order valence-electron chi connectivity index (χ3n) is 1.85. The minimum Gasteiger partial charge on any atom is -0.464 e. The number of fused-ring (bicyclic) bond motifs is 1. The molecule has 0 saturated carbocycles. The van der Waals surface area contributed by atoms with Gasteiger partial charge in [0.15, 0.2) is 0 Å². The number of alkyl halides is 3. The average Bonchev–Trinajstić information content (AvgIpc) is 2.50. The Morgan fingerprint density at radius 1 is 1.21 bits per heavy atom. The van der Waals surface area contributed by atoms with Crippen LogP contribution in [0.15, 0.2) is 33.4 Å². The standard InChI is InChI=1S/C9H4BrF3O/c10-7-3-5(9(11,12)13)4-8-6(7)1-2-14-8/h1-4H. The fraction of sp³-hybridized carbons (Fsp3) is 0.111. The quantitative estimate of drug-likeness (QED) is 0.695. The normalized spacial score (nSPS) is 12.3. The maximum Gasteiger partial charge on any atom is 0.416 e. The van der Waals surface area contributed by atoms with Gasteiger partial charge in [-0.25, -0.2) is 0 Å². The van der Waals surface area contributed by atoms with Crippen LogP contribution in [0.3, 0.4) is 0 Å². The predicted octanol–water partition coefficient (Wildman–Crippen LogP) is 4.21. The summed E-state index contributed by atoms with van der Waals surface area (Å²) in [7, 11) is 0. The van der Waals surface area contributed by atoms with E-state index in [2.05, 4.69) is 15.9 Å². The third-order valence-corrected chi connectivity index (χ3v) is 2.50. The van der Waals surface area contributed by atoms with Crippen LogP contribution in [0.2, 0.25) is 0 Å². The molecule has 0 aliphatic heterocycles. The number of hydrogen-bond acceptors (Lipinski definition) is 1. The van der Waals surface area contributed by atoms with E-state index in [1.165, 1.54) is 6.26 Å². The zero-order valence-electron chi connectivity index (χ0n) is 6.73. The summed E-state index contributed by atoms with van der Waals surface area (Å²) in [6.45, 7) is 0. The molecule has 0 spiro atoms. The molecule has 74 valence electrons. The van der Waals surface area contributed by atoms with Crippen molar-refractivity contribution in [2.75, 3.05) is 0 Å². The van der Waals surface area contributed by atoms with Gasteiger partial charge in [0.1, 0.15) is 5.58 Å². The van der Waals surface area contributed by atoms with E-state index in [9.17, 15) is 13.2 Å². The Morgan fingerprint density at radius 2 is 1.93 bits per heavy atom. The van der Waals surface area contributed by atoms with Crippen molar-refractivity contribution in [1.82, 2.24) is 0 Å². The molecule has 0 aliphatic rings. The van der Waals surface area contributed by atoms with Gasteiger partial charge in [-0.3, -0.25) is 0 Å². The molecule has 0 N–H and O–H groups in total. The number of hydrogen-bond donors (Lipinski definition) is 0. The molecule has 0 radical (unpaired) electrons. The average molecular weight is 265 g/mol. The van der Waals surface area contributed by atoms with Crippen LogP contribution in [0.1, 0.15) is 5.56 Å². The monoisotopic (exact) mass is 264 g/mol. The van der Waals surface area contributed by atoms with Crippen LogP contribution in [0.4, 0.5) is 13.2 Å². The highest BCUT2D eigenvalue weighted by Crippen LogP contribution is 2.35. The fourth-order valence-corrected chi connectivity index (χ4v) is 1.77. The summed E-state index contributed by atoms with van der Waals surface area (Å²) in [6, 6.07) is 3.64. The smallest absolute Gasteiger partial charge is 0.416 e. The first-order valence-corrected chi connectivity index (χ1v) is 4.52. The molecule has 14 heavy (non-hydrogen) atoms. The van der Waals surface area contributed by atoms with E-state index in [1.54, 1.807) is 6.07 Å².